The van der Waals surface area contributed by atoms with Crippen molar-refractivity contribution in [3.05, 3.63) is 45.4 Å². The third-order valence-electron chi connectivity index (χ3n) is 2.61. The molecule has 0 aliphatic carbocycles. The number of hydrogen-bond donors (Lipinski definition) is 1. The van der Waals surface area contributed by atoms with Crippen LogP contribution in [0.5, 0.6) is 0 Å². The van der Waals surface area contributed by atoms with Crippen LogP contribution in [0.4, 0.5) is 0 Å². The topological polar surface area (TPSA) is 59.8 Å². The lowest BCUT2D eigenvalue weighted by Gasteiger charge is -2.07. The van der Waals surface area contributed by atoms with E-state index in [9.17, 15) is 4.79 Å². The van der Waals surface area contributed by atoms with Crippen LogP contribution in [0.1, 0.15) is 16.2 Å². The minimum absolute atomic E-state index is 0.200. The van der Waals surface area contributed by atoms with E-state index < -0.39 is 0 Å². The lowest BCUT2D eigenvalue weighted by molar-refractivity contribution is 0.0954. The van der Waals surface area contributed by atoms with E-state index in [0.29, 0.717) is 23.6 Å². The molecule has 2 rings (SSSR count). The van der Waals surface area contributed by atoms with E-state index in [1.165, 1.54) is 0 Å². The number of nitrogens with one attached hydrogen (secondary N) is 1. The van der Waals surface area contributed by atoms with Crippen molar-refractivity contribution in [3.8, 4) is 0 Å². The van der Waals surface area contributed by atoms with Crippen molar-refractivity contribution in [2.45, 2.75) is 6.42 Å². The first-order valence-corrected chi connectivity index (χ1v) is 6.81. The van der Waals surface area contributed by atoms with Gasteiger partial charge in [-0.3, -0.25) is 4.79 Å². The summed E-state index contributed by atoms with van der Waals surface area (Å²) in [7, 11) is 1.86. The minimum atomic E-state index is -0.200. The zero-order valence-corrected chi connectivity index (χ0v) is 12.6. The van der Waals surface area contributed by atoms with Gasteiger partial charge in [0, 0.05) is 24.5 Å². The van der Waals surface area contributed by atoms with E-state index in [2.05, 4.69) is 31.4 Å². The molecular formula is C12H12BrClN4O. The van der Waals surface area contributed by atoms with Gasteiger partial charge < -0.3 is 9.88 Å². The average Bonchev–Trinajstić information content (AvgIpc) is 2.78. The Morgan fingerprint density at radius 3 is 3.00 bits per heavy atom. The SMILES string of the molecule is Cn1cnnc1CCNC(=O)c1cc(Br)ccc1Cl. The molecule has 0 fully saturated rings. The van der Waals surface area contributed by atoms with Crippen molar-refractivity contribution in [2.75, 3.05) is 6.54 Å². The van der Waals surface area contributed by atoms with E-state index in [0.717, 1.165) is 10.3 Å². The zero-order valence-electron chi connectivity index (χ0n) is 10.2. The first-order chi connectivity index (χ1) is 9.08. The Balaban J connectivity index is 1.94. The molecule has 1 N–H and O–H groups in total. The Morgan fingerprint density at radius 2 is 2.32 bits per heavy atom. The predicted molar refractivity (Wildman–Crippen MR) is 76.2 cm³/mol. The van der Waals surface area contributed by atoms with Crippen LogP contribution < -0.4 is 5.32 Å². The van der Waals surface area contributed by atoms with Crippen LogP contribution >= 0.6 is 27.5 Å². The zero-order chi connectivity index (χ0) is 13.8. The second-order valence-electron chi connectivity index (χ2n) is 3.99. The molecule has 19 heavy (non-hydrogen) atoms. The maximum Gasteiger partial charge on any atom is 0.252 e. The summed E-state index contributed by atoms with van der Waals surface area (Å²) >= 11 is 9.30. The molecule has 0 saturated carbocycles. The fraction of sp³-hybridized carbons (Fsp3) is 0.250. The monoisotopic (exact) mass is 342 g/mol. The van der Waals surface area contributed by atoms with Crippen LogP contribution in [0.15, 0.2) is 29.0 Å². The number of carbonyl (C=O) groups excluding carboxylic acids is 1. The number of nitrogens with zero attached hydrogens (tertiary/aromatic N) is 3. The number of benzene rings is 1. The molecule has 100 valence electrons. The van der Waals surface area contributed by atoms with Crippen molar-refractivity contribution < 1.29 is 4.79 Å². The van der Waals surface area contributed by atoms with E-state index in [1.807, 2.05) is 11.6 Å². The van der Waals surface area contributed by atoms with Gasteiger partial charge in [0.15, 0.2) is 0 Å². The summed E-state index contributed by atoms with van der Waals surface area (Å²) in [6.45, 7) is 0.480. The van der Waals surface area contributed by atoms with Crippen LogP contribution in [0, 0.1) is 0 Å². The summed E-state index contributed by atoms with van der Waals surface area (Å²) in [6, 6.07) is 5.17. The van der Waals surface area contributed by atoms with Gasteiger partial charge in [-0.15, -0.1) is 10.2 Å². The molecule has 1 aromatic heterocycles. The molecule has 0 radical (unpaired) electrons. The van der Waals surface area contributed by atoms with E-state index in [4.69, 9.17) is 11.6 Å². The van der Waals surface area contributed by atoms with Gasteiger partial charge in [0.1, 0.15) is 12.2 Å². The van der Waals surface area contributed by atoms with Crippen molar-refractivity contribution >= 4 is 33.4 Å². The normalized spacial score (nSPS) is 10.5. The third kappa shape index (κ3) is 3.54. The van der Waals surface area contributed by atoms with Crippen molar-refractivity contribution in [3.63, 3.8) is 0 Å². The summed E-state index contributed by atoms with van der Waals surface area (Å²) in [5.41, 5.74) is 0.453. The molecule has 0 bridgehead atoms. The van der Waals surface area contributed by atoms with Gasteiger partial charge in [0.25, 0.3) is 5.91 Å². The van der Waals surface area contributed by atoms with E-state index in [1.54, 1.807) is 24.5 Å². The van der Waals surface area contributed by atoms with Gasteiger partial charge in [0.2, 0.25) is 0 Å². The summed E-state index contributed by atoms with van der Waals surface area (Å²) in [5.74, 6) is 0.620. The number of amides is 1. The Kier molecular flexibility index (Phi) is 4.55. The first-order valence-electron chi connectivity index (χ1n) is 5.64. The third-order valence-corrected chi connectivity index (χ3v) is 3.44. The van der Waals surface area contributed by atoms with Crippen LogP contribution in [-0.2, 0) is 13.5 Å². The Bertz CT molecular complexity index is 599. The fourth-order valence-electron chi connectivity index (χ4n) is 1.59. The lowest BCUT2D eigenvalue weighted by atomic mass is 10.2. The number of carbonyl (C=O) groups is 1. The average molecular weight is 344 g/mol. The van der Waals surface area contributed by atoms with Crippen molar-refractivity contribution in [1.82, 2.24) is 20.1 Å². The largest absolute Gasteiger partial charge is 0.352 e. The Morgan fingerprint density at radius 1 is 1.53 bits per heavy atom. The number of rotatable bonds is 4. The Hall–Kier alpha value is -1.40. The molecular weight excluding hydrogens is 332 g/mol. The highest BCUT2D eigenvalue weighted by molar-refractivity contribution is 9.10. The highest BCUT2D eigenvalue weighted by Crippen LogP contribution is 2.20. The molecule has 2 aromatic rings. The number of hydrogen-bond acceptors (Lipinski definition) is 3. The molecule has 1 aromatic carbocycles. The van der Waals surface area contributed by atoms with Crippen LogP contribution in [0.3, 0.4) is 0 Å². The number of halogens is 2. The van der Waals surface area contributed by atoms with Gasteiger partial charge in [-0.25, -0.2) is 0 Å². The predicted octanol–water partition coefficient (Wildman–Crippen LogP) is 2.20. The maximum absolute atomic E-state index is 12.0. The lowest BCUT2D eigenvalue weighted by Crippen LogP contribution is -2.26. The summed E-state index contributed by atoms with van der Waals surface area (Å²) in [5, 5.41) is 11.0. The quantitative estimate of drug-likeness (QED) is 0.926. The molecule has 1 heterocycles. The first kappa shape index (κ1) is 14.0. The molecule has 0 aliphatic heterocycles. The fourth-order valence-corrected chi connectivity index (χ4v) is 2.15. The summed E-state index contributed by atoms with van der Waals surface area (Å²) < 4.78 is 2.63. The molecule has 0 spiro atoms. The molecule has 0 saturated heterocycles. The smallest absolute Gasteiger partial charge is 0.252 e. The molecule has 0 unspecified atom stereocenters. The molecule has 5 nitrogen and oxygen atoms in total. The van der Waals surface area contributed by atoms with Gasteiger partial charge in [0.05, 0.1) is 10.6 Å². The molecule has 0 aliphatic rings. The second-order valence-corrected chi connectivity index (χ2v) is 5.31. The van der Waals surface area contributed by atoms with Crippen LogP contribution in [-0.4, -0.2) is 27.2 Å². The number of aryl methyl sites for hydroxylation is 1. The van der Waals surface area contributed by atoms with Crippen LogP contribution in [0.2, 0.25) is 5.02 Å². The summed E-state index contributed by atoms with van der Waals surface area (Å²) in [6.07, 6.45) is 2.25. The van der Waals surface area contributed by atoms with E-state index >= 15 is 0 Å². The van der Waals surface area contributed by atoms with Gasteiger partial charge >= 0.3 is 0 Å². The molecule has 7 heteroatoms. The van der Waals surface area contributed by atoms with Gasteiger partial charge in [-0.05, 0) is 18.2 Å². The Labute approximate surface area is 124 Å². The van der Waals surface area contributed by atoms with Crippen molar-refractivity contribution in [1.29, 1.82) is 0 Å². The number of aromatic nitrogens is 3. The summed E-state index contributed by atoms with van der Waals surface area (Å²) in [4.78, 5) is 12.0. The van der Waals surface area contributed by atoms with Gasteiger partial charge in [-0.1, -0.05) is 27.5 Å². The highest BCUT2D eigenvalue weighted by atomic mass is 79.9. The molecule has 1 amide bonds. The maximum atomic E-state index is 12.0. The standard InChI is InChI=1S/C12H12BrClN4O/c1-18-7-16-17-11(18)4-5-15-12(19)9-6-8(13)2-3-10(9)14/h2-3,6-7H,4-5H2,1H3,(H,15,19). The molecule has 0 atom stereocenters. The highest BCUT2D eigenvalue weighted by Gasteiger charge is 2.10. The van der Waals surface area contributed by atoms with Crippen LogP contribution in [0.25, 0.3) is 0 Å². The minimum Gasteiger partial charge on any atom is -0.352 e. The second kappa shape index (κ2) is 6.16. The van der Waals surface area contributed by atoms with Crippen molar-refractivity contribution in [2.24, 2.45) is 7.05 Å². The van der Waals surface area contributed by atoms with E-state index in [-0.39, 0.29) is 5.91 Å². The van der Waals surface area contributed by atoms with Gasteiger partial charge in [-0.2, -0.15) is 0 Å².